The Hall–Kier alpha value is -1.46. The zero-order valence-electron chi connectivity index (χ0n) is 11.2. The molecule has 0 amide bonds. The highest BCUT2D eigenvalue weighted by Crippen LogP contribution is 2.30. The number of thioether (sulfide) groups is 1. The van der Waals surface area contributed by atoms with Gasteiger partial charge in [-0.05, 0) is 30.2 Å². The minimum Gasteiger partial charge on any atom is -0.392 e. The Morgan fingerprint density at radius 1 is 1.00 bits per heavy atom. The van der Waals surface area contributed by atoms with Gasteiger partial charge < -0.3 is 5.11 Å². The summed E-state index contributed by atoms with van der Waals surface area (Å²) < 4.78 is 37.8. The Labute approximate surface area is 125 Å². The smallest absolute Gasteiger partial charge is 0.392 e. The Kier molecular flexibility index (Phi) is 5.31. The van der Waals surface area contributed by atoms with Crippen LogP contribution in [0.2, 0.25) is 0 Å². The number of aliphatic hydroxyl groups is 1. The molecule has 2 rings (SSSR count). The van der Waals surface area contributed by atoms with Crippen molar-refractivity contribution in [3.63, 3.8) is 0 Å². The molecule has 0 radical (unpaired) electrons. The third kappa shape index (κ3) is 5.10. The molecule has 2 aromatic carbocycles. The number of halogens is 3. The summed E-state index contributed by atoms with van der Waals surface area (Å²) in [5, 5.41) is 9.96. The molecule has 0 aliphatic heterocycles. The lowest BCUT2D eigenvalue weighted by atomic mass is 10.1. The van der Waals surface area contributed by atoms with E-state index in [0.29, 0.717) is 11.3 Å². The van der Waals surface area contributed by atoms with Crippen molar-refractivity contribution >= 4 is 11.8 Å². The van der Waals surface area contributed by atoms with Crippen LogP contribution in [0.1, 0.15) is 11.1 Å². The van der Waals surface area contributed by atoms with Gasteiger partial charge in [-0.3, -0.25) is 0 Å². The van der Waals surface area contributed by atoms with Crippen LogP contribution in [0.3, 0.4) is 0 Å². The van der Waals surface area contributed by atoms with Gasteiger partial charge in [0.25, 0.3) is 0 Å². The molecule has 5 heteroatoms. The molecular formula is C16H15F3OS. The fraction of sp³-hybridized carbons (Fsp3) is 0.250. The van der Waals surface area contributed by atoms with Crippen molar-refractivity contribution in [1.82, 2.24) is 0 Å². The van der Waals surface area contributed by atoms with Crippen LogP contribution < -0.4 is 0 Å². The zero-order chi connectivity index (χ0) is 15.3. The van der Waals surface area contributed by atoms with Gasteiger partial charge in [0, 0.05) is 10.6 Å². The molecule has 0 spiro atoms. The van der Waals surface area contributed by atoms with E-state index in [1.807, 2.05) is 30.3 Å². The van der Waals surface area contributed by atoms with Gasteiger partial charge in [0.15, 0.2) is 0 Å². The monoisotopic (exact) mass is 312 g/mol. The van der Waals surface area contributed by atoms with Gasteiger partial charge in [0.05, 0.1) is 11.7 Å². The predicted octanol–water partition coefficient (Wildman–Crippen LogP) is 4.40. The maximum Gasteiger partial charge on any atom is 0.416 e. The first kappa shape index (κ1) is 15.9. The number of benzene rings is 2. The summed E-state index contributed by atoms with van der Waals surface area (Å²) in [6.45, 7) is 0. The van der Waals surface area contributed by atoms with Gasteiger partial charge in [-0.15, -0.1) is 11.8 Å². The summed E-state index contributed by atoms with van der Waals surface area (Å²) in [5.74, 6) is 0.445. The number of hydrogen-bond acceptors (Lipinski definition) is 2. The first-order valence-corrected chi connectivity index (χ1v) is 7.46. The molecule has 2 aromatic rings. The Bertz CT molecular complexity index is 569. The van der Waals surface area contributed by atoms with Crippen molar-refractivity contribution in [2.24, 2.45) is 0 Å². The number of aliphatic hydroxyl groups excluding tert-OH is 1. The molecule has 1 atom stereocenters. The Morgan fingerprint density at radius 3 is 2.38 bits per heavy atom. The van der Waals surface area contributed by atoms with Crippen LogP contribution in [-0.2, 0) is 12.6 Å². The van der Waals surface area contributed by atoms with Crippen molar-refractivity contribution in [3.8, 4) is 0 Å². The fourth-order valence-electron chi connectivity index (χ4n) is 1.91. The summed E-state index contributed by atoms with van der Waals surface area (Å²) in [5.41, 5.74) is -0.186. The summed E-state index contributed by atoms with van der Waals surface area (Å²) >= 11 is 1.49. The van der Waals surface area contributed by atoms with E-state index in [-0.39, 0.29) is 6.42 Å². The van der Waals surface area contributed by atoms with E-state index in [9.17, 15) is 18.3 Å². The zero-order valence-corrected chi connectivity index (χ0v) is 12.0. The first-order valence-electron chi connectivity index (χ1n) is 6.47. The molecule has 112 valence electrons. The van der Waals surface area contributed by atoms with E-state index in [4.69, 9.17) is 0 Å². The van der Waals surface area contributed by atoms with Gasteiger partial charge in [-0.25, -0.2) is 0 Å². The normalized spacial score (nSPS) is 13.1. The molecule has 1 nitrogen and oxygen atoms in total. The average molecular weight is 312 g/mol. The van der Waals surface area contributed by atoms with Crippen molar-refractivity contribution in [1.29, 1.82) is 0 Å². The highest BCUT2D eigenvalue weighted by Gasteiger charge is 2.30. The topological polar surface area (TPSA) is 20.2 Å². The maximum absolute atomic E-state index is 12.6. The van der Waals surface area contributed by atoms with E-state index in [1.165, 1.54) is 17.8 Å². The van der Waals surface area contributed by atoms with Crippen molar-refractivity contribution in [2.75, 3.05) is 5.75 Å². The van der Waals surface area contributed by atoms with Gasteiger partial charge in [0.2, 0.25) is 0 Å². The van der Waals surface area contributed by atoms with Crippen LogP contribution in [0.4, 0.5) is 13.2 Å². The third-order valence-electron chi connectivity index (χ3n) is 2.91. The standard InChI is InChI=1S/C16H15F3OS/c17-16(18,19)13-6-4-5-12(9-13)10-14(20)11-21-15-7-2-1-3-8-15/h1-9,14,20H,10-11H2. The summed E-state index contributed by atoms with van der Waals surface area (Å²) in [6.07, 6.45) is -4.82. The lowest BCUT2D eigenvalue weighted by Gasteiger charge is -2.12. The first-order chi connectivity index (χ1) is 9.95. The van der Waals surface area contributed by atoms with Crippen LogP contribution in [0.5, 0.6) is 0 Å². The largest absolute Gasteiger partial charge is 0.416 e. The van der Waals surface area contributed by atoms with E-state index in [2.05, 4.69) is 0 Å². The fourth-order valence-corrected chi connectivity index (χ4v) is 2.77. The molecule has 0 saturated heterocycles. The van der Waals surface area contributed by atoms with E-state index < -0.39 is 17.8 Å². The molecular weight excluding hydrogens is 297 g/mol. The van der Waals surface area contributed by atoms with E-state index in [1.54, 1.807) is 6.07 Å². The predicted molar refractivity (Wildman–Crippen MR) is 78.3 cm³/mol. The molecule has 21 heavy (non-hydrogen) atoms. The van der Waals surface area contributed by atoms with Crippen LogP contribution in [-0.4, -0.2) is 17.0 Å². The Balaban J connectivity index is 1.92. The highest BCUT2D eigenvalue weighted by molar-refractivity contribution is 7.99. The second-order valence-electron chi connectivity index (χ2n) is 4.68. The third-order valence-corrected chi connectivity index (χ3v) is 4.07. The van der Waals surface area contributed by atoms with Crippen LogP contribution in [0.25, 0.3) is 0 Å². The van der Waals surface area contributed by atoms with Crippen LogP contribution >= 0.6 is 11.8 Å². The van der Waals surface area contributed by atoms with Crippen LogP contribution in [0, 0.1) is 0 Å². The SMILES string of the molecule is OC(CSc1ccccc1)Cc1cccc(C(F)(F)F)c1. The maximum atomic E-state index is 12.6. The number of rotatable bonds is 5. The second kappa shape index (κ2) is 7.00. The van der Waals surface area contributed by atoms with E-state index in [0.717, 1.165) is 17.0 Å². The lowest BCUT2D eigenvalue weighted by molar-refractivity contribution is -0.137. The number of alkyl halides is 3. The molecule has 0 heterocycles. The Morgan fingerprint density at radius 2 is 1.71 bits per heavy atom. The second-order valence-corrected chi connectivity index (χ2v) is 5.77. The summed E-state index contributed by atoms with van der Waals surface area (Å²) in [4.78, 5) is 1.03. The van der Waals surface area contributed by atoms with Crippen molar-refractivity contribution < 1.29 is 18.3 Å². The molecule has 0 aliphatic carbocycles. The van der Waals surface area contributed by atoms with Crippen molar-refractivity contribution in [3.05, 3.63) is 65.7 Å². The molecule has 0 bridgehead atoms. The molecule has 1 N–H and O–H groups in total. The average Bonchev–Trinajstić information content (AvgIpc) is 2.46. The highest BCUT2D eigenvalue weighted by atomic mass is 32.2. The lowest BCUT2D eigenvalue weighted by Crippen LogP contribution is -2.14. The summed E-state index contributed by atoms with van der Waals surface area (Å²) in [7, 11) is 0. The molecule has 0 fully saturated rings. The van der Waals surface area contributed by atoms with E-state index >= 15 is 0 Å². The molecule has 0 aliphatic rings. The molecule has 0 aromatic heterocycles. The minimum atomic E-state index is -4.35. The minimum absolute atomic E-state index is 0.212. The van der Waals surface area contributed by atoms with Gasteiger partial charge in [-0.2, -0.15) is 13.2 Å². The quantitative estimate of drug-likeness (QED) is 0.826. The van der Waals surface area contributed by atoms with Crippen molar-refractivity contribution in [2.45, 2.75) is 23.6 Å². The number of hydrogen-bond donors (Lipinski definition) is 1. The van der Waals surface area contributed by atoms with Crippen LogP contribution in [0.15, 0.2) is 59.5 Å². The van der Waals surface area contributed by atoms with Gasteiger partial charge >= 0.3 is 6.18 Å². The van der Waals surface area contributed by atoms with Gasteiger partial charge in [-0.1, -0.05) is 36.4 Å². The molecule has 1 unspecified atom stereocenters. The molecule has 0 saturated carbocycles. The summed E-state index contributed by atoms with van der Waals surface area (Å²) in [6, 6.07) is 14.7. The van der Waals surface area contributed by atoms with Gasteiger partial charge in [0.1, 0.15) is 0 Å².